The van der Waals surface area contributed by atoms with E-state index in [0.29, 0.717) is 11.5 Å². The third-order valence-electron chi connectivity index (χ3n) is 3.53. The number of aromatic nitrogens is 2. The van der Waals surface area contributed by atoms with Crippen molar-refractivity contribution >= 4 is 5.91 Å². The van der Waals surface area contributed by atoms with Crippen LogP contribution in [-0.2, 0) is 6.54 Å². The molecular weight excluding hydrogens is 271 g/mol. The van der Waals surface area contributed by atoms with Crippen molar-refractivity contribution in [1.29, 1.82) is 0 Å². The number of nitrogens with one attached hydrogen (secondary N) is 2. The highest BCUT2D eigenvalue weighted by Gasteiger charge is 2.20. The molecule has 0 atom stereocenters. The van der Waals surface area contributed by atoms with Gasteiger partial charge in [0.05, 0.1) is 17.8 Å². The molecule has 1 saturated heterocycles. The number of halogens is 1. The third kappa shape index (κ3) is 3.05. The molecule has 3 rings (SSSR count). The largest absolute Gasteiger partial charge is 0.346 e. The summed E-state index contributed by atoms with van der Waals surface area (Å²) in [6, 6.07) is 4.67. The lowest BCUT2D eigenvalue weighted by molar-refractivity contribution is 0.0949. The summed E-state index contributed by atoms with van der Waals surface area (Å²) in [5.41, 5.74) is 1.75. The van der Waals surface area contributed by atoms with Gasteiger partial charge in [-0.05, 0) is 23.8 Å². The van der Waals surface area contributed by atoms with Crippen molar-refractivity contribution in [2.45, 2.75) is 12.5 Å². The zero-order chi connectivity index (χ0) is 14.7. The molecule has 0 spiro atoms. The van der Waals surface area contributed by atoms with Gasteiger partial charge in [0.25, 0.3) is 5.91 Å². The van der Waals surface area contributed by atoms with Crippen LogP contribution in [0.3, 0.4) is 0 Å². The topological polar surface area (TPSA) is 66.9 Å². The number of rotatable bonds is 4. The van der Waals surface area contributed by atoms with E-state index < -0.39 is 5.82 Å². The zero-order valence-electron chi connectivity index (χ0n) is 11.3. The molecule has 2 N–H and O–H groups in total. The molecule has 108 valence electrons. The highest BCUT2D eigenvalue weighted by atomic mass is 19.1. The molecule has 0 aliphatic carbocycles. The molecule has 3 heterocycles. The Bertz CT molecular complexity index is 658. The van der Waals surface area contributed by atoms with Crippen molar-refractivity contribution in [2.24, 2.45) is 0 Å². The number of hydrogen-bond donors (Lipinski definition) is 2. The Labute approximate surface area is 121 Å². The predicted octanol–water partition coefficient (Wildman–Crippen LogP) is 1.23. The molecule has 0 bridgehead atoms. The molecule has 1 fully saturated rings. The molecule has 1 aliphatic heterocycles. The smallest absolute Gasteiger partial charge is 0.253 e. The maximum absolute atomic E-state index is 13.4. The van der Waals surface area contributed by atoms with Crippen LogP contribution in [0.1, 0.15) is 27.5 Å². The van der Waals surface area contributed by atoms with Crippen molar-refractivity contribution in [3.63, 3.8) is 0 Å². The molecule has 21 heavy (non-hydrogen) atoms. The van der Waals surface area contributed by atoms with Crippen LogP contribution in [0.2, 0.25) is 0 Å². The predicted molar refractivity (Wildman–Crippen MR) is 75.2 cm³/mol. The third-order valence-corrected chi connectivity index (χ3v) is 3.53. The van der Waals surface area contributed by atoms with Crippen LogP contribution in [0.4, 0.5) is 4.39 Å². The zero-order valence-corrected chi connectivity index (χ0v) is 11.3. The summed E-state index contributed by atoms with van der Waals surface area (Å²) in [6.45, 7) is 1.87. The van der Waals surface area contributed by atoms with Crippen molar-refractivity contribution in [1.82, 2.24) is 20.6 Å². The lowest BCUT2D eigenvalue weighted by Crippen LogP contribution is -2.40. The quantitative estimate of drug-likeness (QED) is 0.887. The Morgan fingerprint density at radius 3 is 3.00 bits per heavy atom. The molecule has 0 saturated carbocycles. The number of nitrogens with zero attached hydrogens (tertiary/aromatic N) is 2. The lowest BCUT2D eigenvalue weighted by Gasteiger charge is -2.27. The molecule has 6 heteroatoms. The van der Waals surface area contributed by atoms with Crippen molar-refractivity contribution < 1.29 is 9.18 Å². The second-order valence-corrected chi connectivity index (χ2v) is 4.98. The van der Waals surface area contributed by atoms with E-state index in [4.69, 9.17) is 0 Å². The van der Waals surface area contributed by atoms with Crippen LogP contribution < -0.4 is 10.6 Å². The summed E-state index contributed by atoms with van der Waals surface area (Å²) in [5.74, 6) is -0.287. The fourth-order valence-electron chi connectivity index (χ4n) is 2.14. The van der Waals surface area contributed by atoms with Crippen LogP contribution in [0.5, 0.6) is 0 Å². The van der Waals surface area contributed by atoms with E-state index in [1.165, 1.54) is 24.5 Å². The Morgan fingerprint density at radius 1 is 1.43 bits per heavy atom. The summed E-state index contributed by atoms with van der Waals surface area (Å²) in [5, 5.41) is 5.84. The summed E-state index contributed by atoms with van der Waals surface area (Å²) in [7, 11) is 0. The Hall–Kier alpha value is -2.34. The van der Waals surface area contributed by atoms with E-state index in [1.807, 2.05) is 6.07 Å². The van der Waals surface area contributed by atoms with Gasteiger partial charge in [-0.25, -0.2) is 4.39 Å². The van der Waals surface area contributed by atoms with Gasteiger partial charge in [0.15, 0.2) is 0 Å². The van der Waals surface area contributed by atoms with Gasteiger partial charge in [-0.2, -0.15) is 0 Å². The van der Waals surface area contributed by atoms with Crippen molar-refractivity contribution in [3.05, 3.63) is 59.4 Å². The number of hydrogen-bond acceptors (Lipinski definition) is 4. The first-order valence-electron chi connectivity index (χ1n) is 6.77. The fourth-order valence-corrected chi connectivity index (χ4v) is 2.14. The van der Waals surface area contributed by atoms with Crippen molar-refractivity contribution in [2.75, 3.05) is 13.1 Å². The Kier molecular flexibility index (Phi) is 3.87. The van der Waals surface area contributed by atoms with Gasteiger partial charge < -0.3 is 10.6 Å². The second kappa shape index (κ2) is 5.97. The number of amides is 1. The summed E-state index contributed by atoms with van der Waals surface area (Å²) >= 11 is 0. The van der Waals surface area contributed by atoms with Crippen LogP contribution >= 0.6 is 0 Å². The Morgan fingerprint density at radius 2 is 2.29 bits per heavy atom. The Balaban J connectivity index is 1.66. The number of carbonyl (C=O) groups excluding carboxylic acids is 1. The molecule has 1 amide bonds. The average Bonchev–Trinajstić information content (AvgIpc) is 2.45. The molecule has 1 aliphatic rings. The first-order valence-corrected chi connectivity index (χ1v) is 6.77. The van der Waals surface area contributed by atoms with Crippen LogP contribution in [0.15, 0.2) is 36.8 Å². The number of pyridine rings is 2. The monoisotopic (exact) mass is 286 g/mol. The SMILES string of the molecule is O=C(NCc1ncccc1F)c1cncc(C2CNC2)c1. The summed E-state index contributed by atoms with van der Waals surface area (Å²) in [6.07, 6.45) is 4.79. The maximum atomic E-state index is 13.4. The minimum atomic E-state index is -0.426. The second-order valence-electron chi connectivity index (χ2n) is 4.98. The molecule has 2 aromatic heterocycles. The molecule has 0 unspecified atom stereocenters. The standard InChI is InChI=1S/C15H15FN4O/c16-13-2-1-3-19-14(13)9-20-15(21)11-4-10(5-17-6-11)12-7-18-8-12/h1-6,12,18H,7-9H2,(H,20,21). The van der Waals surface area contributed by atoms with E-state index in [1.54, 1.807) is 6.20 Å². The maximum Gasteiger partial charge on any atom is 0.253 e. The summed E-state index contributed by atoms with van der Waals surface area (Å²) < 4.78 is 13.4. The van der Waals surface area contributed by atoms with Crippen LogP contribution in [0.25, 0.3) is 0 Å². The van der Waals surface area contributed by atoms with Gasteiger partial charge in [0.1, 0.15) is 5.82 Å². The molecule has 2 aromatic rings. The normalized spacial score (nSPS) is 14.5. The van der Waals surface area contributed by atoms with Crippen LogP contribution in [-0.4, -0.2) is 29.0 Å². The van der Waals surface area contributed by atoms with E-state index in [0.717, 1.165) is 18.7 Å². The van der Waals surface area contributed by atoms with E-state index in [-0.39, 0.29) is 18.1 Å². The van der Waals surface area contributed by atoms with Gasteiger partial charge in [-0.3, -0.25) is 14.8 Å². The molecule has 5 nitrogen and oxygen atoms in total. The average molecular weight is 286 g/mol. The number of carbonyl (C=O) groups is 1. The highest BCUT2D eigenvalue weighted by Crippen LogP contribution is 2.19. The molecular formula is C15H15FN4O. The van der Waals surface area contributed by atoms with Gasteiger partial charge in [0.2, 0.25) is 0 Å². The van der Waals surface area contributed by atoms with E-state index in [2.05, 4.69) is 20.6 Å². The first-order chi connectivity index (χ1) is 10.2. The molecule has 0 radical (unpaired) electrons. The van der Waals surface area contributed by atoms with Gasteiger partial charge in [-0.1, -0.05) is 0 Å². The van der Waals surface area contributed by atoms with Gasteiger partial charge in [-0.15, -0.1) is 0 Å². The van der Waals surface area contributed by atoms with Crippen LogP contribution in [0, 0.1) is 5.82 Å². The highest BCUT2D eigenvalue weighted by molar-refractivity contribution is 5.94. The fraction of sp³-hybridized carbons (Fsp3) is 0.267. The molecule has 0 aromatic carbocycles. The summed E-state index contributed by atoms with van der Waals surface area (Å²) in [4.78, 5) is 20.1. The van der Waals surface area contributed by atoms with E-state index >= 15 is 0 Å². The van der Waals surface area contributed by atoms with E-state index in [9.17, 15) is 9.18 Å². The van der Waals surface area contributed by atoms with Crippen molar-refractivity contribution in [3.8, 4) is 0 Å². The lowest BCUT2D eigenvalue weighted by atomic mass is 9.94. The minimum Gasteiger partial charge on any atom is -0.346 e. The van der Waals surface area contributed by atoms with Gasteiger partial charge in [0, 0.05) is 37.6 Å². The van der Waals surface area contributed by atoms with Gasteiger partial charge >= 0.3 is 0 Å². The minimum absolute atomic E-state index is 0.0563. The first kappa shape index (κ1) is 13.6.